The summed E-state index contributed by atoms with van der Waals surface area (Å²) in [5, 5.41) is 0. The highest BCUT2D eigenvalue weighted by atomic mass is 16.2. The summed E-state index contributed by atoms with van der Waals surface area (Å²) in [4.78, 5) is 23.2. The highest BCUT2D eigenvalue weighted by molar-refractivity contribution is 6.03. The Bertz CT molecular complexity index is 256. The first-order chi connectivity index (χ1) is 6.25. The second-order valence-corrected chi connectivity index (χ2v) is 3.02. The van der Waals surface area contributed by atoms with E-state index < -0.39 is 0 Å². The number of rotatable bonds is 2. The first kappa shape index (κ1) is 9.79. The summed E-state index contributed by atoms with van der Waals surface area (Å²) in [5.41, 5.74) is 0. The Hall–Kier alpha value is -1.30. The lowest BCUT2D eigenvalue weighted by atomic mass is 10.3. The van der Waals surface area contributed by atoms with Gasteiger partial charge in [0.1, 0.15) is 0 Å². The molecule has 2 amide bonds. The van der Waals surface area contributed by atoms with Crippen LogP contribution in [0.15, 0.2) is 0 Å². The van der Waals surface area contributed by atoms with Gasteiger partial charge in [-0.1, -0.05) is 19.3 Å². The number of amides is 2. The van der Waals surface area contributed by atoms with Gasteiger partial charge in [0.2, 0.25) is 11.8 Å². The predicted octanol–water partition coefficient (Wildman–Crippen LogP) is 1.29. The Morgan fingerprint density at radius 3 is 2.46 bits per heavy atom. The average Bonchev–Trinajstić information content (AvgIpc) is 2.42. The number of carbonyl (C=O) groups excluding carboxylic acids is 2. The predicted molar refractivity (Wildman–Crippen MR) is 48.4 cm³/mol. The number of carbonyl (C=O) groups is 2. The lowest BCUT2D eigenvalue weighted by Crippen LogP contribution is -2.23. The molecule has 0 spiro atoms. The van der Waals surface area contributed by atoms with Crippen LogP contribution in [-0.4, -0.2) is 16.7 Å². The van der Waals surface area contributed by atoms with E-state index >= 15 is 0 Å². The number of imide groups is 1. The molecule has 0 radical (unpaired) electrons. The summed E-state index contributed by atoms with van der Waals surface area (Å²) in [6.07, 6.45) is 3.50. The van der Waals surface area contributed by atoms with E-state index in [9.17, 15) is 9.59 Å². The standard InChI is InChI=1S/C10H13NO2/c1-2-3-4-5-8-11-9(12)6-7-10(11)13/h2-4,6-7H2,1H3. The zero-order valence-electron chi connectivity index (χ0n) is 7.80. The van der Waals surface area contributed by atoms with Gasteiger partial charge in [-0.05, 0) is 6.42 Å². The molecule has 0 aliphatic carbocycles. The molecule has 0 aromatic rings. The molecule has 3 heteroatoms. The molecule has 13 heavy (non-hydrogen) atoms. The van der Waals surface area contributed by atoms with Crippen LogP contribution in [0.1, 0.15) is 39.0 Å². The minimum absolute atomic E-state index is 0.158. The molecule has 1 fully saturated rings. The van der Waals surface area contributed by atoms with E-state index in [0.29, 0.717) is 12.8 Å². The van der Waals surface area contributed by atoms with Gasteiger partial charge in [-0.2, -0.15) is 0 Å². The van der Waals surface area contributed by atoms with Crippen molar-refractivity contribution in [3.63, 3.8) is 0 Å². The second-order valence-electron chi connectivity index (χ2n) is 3.02. The minimum atomic E-state index is -0.158. The summed E-state index contributed by atoms with van der Waals surface area (Å²) in [5.74, 6) is 2.51. The van der Waals surface area contributed by atoms with E-state index in [-0.39, 0.29) is 11.8 Å². The summed E-state index contributed by atoms with van der Waals surface area (Å²) < 4.78 is 0. The molecule has 0 aromatic heterocycles. The molecule has 0 bridgehead atoms. The summed E-state index contributed by atoms with van der Waals surface area (Å²) >= 11 is 0. The highest BCUT2D eigenvalue weighted by Gasteiger charge is 2.27. The Labute approximate surface area is 78.1 Å². The third-order valence-corrected chi connectivity index (χ3v) is 1.90. The third kappa shape index (κ3) is 2.59. The van der Waals surface area contributed by atoms with Crippen LogP contribution in [-0.2, 0) is 9.59 Å². The molecular weight excluding hydrogens is 166 g/mol. The van der Waals surface area contributed by atoms with Crippen molar-refractivity contribution < 1.29 is 9.59 Å². The molecule has 0 saturated carbocycles. The molecule has 0 aromatic carbocycles. The van der Waals surface area contributed by atoms with Crippen molar-refractivity contribution in [3.8, 4) is 12.0 Å². The molecule has 1 aliphatic heterocycles. The van der Waals surface area contributed by atoms with Crippen LogP contribution in [0.5, 0.6) is 0 Å². The average molecular weight is 179 g/mol. The Morgan fingerprint density at radius 1 is 1.31 bits per heavy atom. The van der Waals surface area contributed by atoms with Crippen LogP contribution >= 0.6 is 0 Å². The van der Waals surface area contributed by atoms with Crippen LogP contribution in [0.3, 0.4) is 0 Å². The molecular formula is C10H13NO2. The van der Waals surface area contributed by atoms with E-state index in [0.717, 1.165) is 24.2 Å². The van der Waals surface area contributed by atoms with Gasteiger partial charge >= 0.3 is 0 Å². The van der Waals surface area contributed by atoms with Gasteiger partial charge in [0.05, 0.1) is 0 Å². The highest BCUT2D eigenvalue weighted by Crippen LogP contribution is 2.09. The normalized spacial score (nSPS) is 15.9. The van der Waals surface area contributed by atoms with Gasteiger partial charge in [0.25, 0.3) is 0 Å². The molecule has 3 nitrogen and oxygen atoms in total. The minimum Gasteiger partial charge on any atom is -0.273 e. The smallest absolute Gasteiger partial charge is 0.241 e. The molecule has 1 saturated heterocycles. The fourth-order valence-corrected chi connectivity index (χ4v) is 1.10. The topological polar surface area (TPSA) is 37.4 Å². The van der Waals surface area contributed by atoms with E-state index in [1.54, 1.807) is 0 Å². The van der Waals surface area contributed by atoms with Gasteiger partial charge in [-0.3, -0.25) is 9.59 Å². The molecule has 0 atom stereocenters. The monoisotopic (exact) mass is 179 g/mol. The first-order valence-corrected chi connectivity index (χ1v) is 4.60. The fraction of sp³-hybridized carbons (Fsp3) is 0.600. The van der Waals surface area contributed by atoms with Crippen LogP contribution in [0.25, 0.3) is 0 Å². The number of nitrogens with zero attached hydrogens (tertiary/aromatic N) is 1. The van der Waals surface area contributed by atoms with Crippen molar-refractivity contribution in [1.82, 2.24) is 4.90 Å². The zero-order chi connectivity index (χ0) is 9.68. The van der Waals surface area contributed by atoms with Crippen molar-refractivity contribution in [3.05, 3.63) is 0 Å². The number of likely N-dealkylation sites (tertiary alicyclic amines) is 1. The van der Waals surface area contributed by atoms with E-state index in [1.807, 2.05) is 0 Å². The second kappa shape index (κ2) is 4.66. The maximum atomic E-state index is 11.1. The zero-order valence-corrected chi connectivity index (χ0v) is 7.80. The summed E-state index contributed by atoms with van der Waals surface area (Å²) in [6, 6.07) is 2.60. The largest absolute Gasteiger partial charge is 0.273 e. The van der Waals surface area contributed by atoms with Crippen LogP contribution in [0, 0.1) is 12.0 Å². The first-order valence-electron chi connectivity index (χ1n) is 4.60. The summed E-state index contributed by atoms with van der Waals surface area (Å²) in [7, 11) is 0. The van der Waals surface area contributed by atoms with Gasteiger partial charge in [0.15, 0.2) is 0 Å². The third-order valence-electron chi connectivity index (χ3n) is 1.90. The molecule has 1 heterocycles. The van der Waals surface area contributed by atoms with Crippen molar-refractivity contribution in [1.29, 1.82) is 0 Å². The Balaban J connectivity index is 2.45. The molecule has 0 N–H and O–H groups in total. The van der Waals surface area contributed by atoms with Crippen LogP contribution in [0.2, 0.25) is 0 Å². The summed E-state index contributed by atoms with van der Waals surface area (Å²) in [6.45, 7) is 2.08. The van der Waals surface area contributed by atoms with Crippen molar-refractivity contribution in [2.45, 2.75) is 39.0 Å². The molecule has 1 rings (SSSR count). The quantitative estimate of drug-likeness (QED) is 0.364. The van der Waals surface area contributed by atoms with Crippen molar-refractivity contribution in [2.24, 2.45) is 0 Å². The number of hydrogen-bond donors (Lipinski definition) is 0. The van der Waals surface area contributed by atoms with Gasteiger partial charge in [0, 0.05) is 25.3 Å². The lowest BCUT2D eigenvalue weighted by Gasteiger charge is -2.01. The SMILES string of the molecule is CCCCC#CN1C(=O)CCC1=O. The lowest BCUT2D eigenvalue weighted by molar-refractivity contribution is -0.134. The van der Waals surface area contributed by atoms with Gasteiger partial charge < -0.3 is 0 Å². The number of unbranched alkanes of at least 4 members (excludes halogenated alkanes) is 2. The maximum absolute atomic E-state index is 11.1. The van der Waals surface area contributed by atoms with Crippen LogP contribution in [0.4, 0.5) is 0 Å². The maximum Gasteiger partial charge on any atom is 0.241 e. The van der Waals surface area contributed by atoms with Gasteiger partial charge in [-0.25, -0.2) is 4.90 Å². The van der Waals surface area contributed by atoms with Crippen molar-refractivity contribution >= 4 is 11.8 Å². The van der Waals surface area contributed by atoms with Crippen LogP contribution < -0.4 is 0 Å². The Morgan fingerprint density at radius 2 is 1.92 bits per heavy atom. The number of hydrogen-bond acceptors (Lipinski definition) is 2. The fourth-order valence-electron chi connectivity index (χ4n) is 1.10. The van der Waals surface area contributed by atoms with Gasteiger partial charge in [-0.15, -0.1) is 0 Å². The molecule has 70 valence electrons. The van der Waals surface area contributed by atoms with E-state index in [4.69, 9.17) is 0 Å². The van der Waals surface area contributed by atoms with E-state index in [2.05, 4.69) is 18.9 Å². The van der Waals surface area contributed by atoms with Crippen molar-refractivity contribution in [2.75, 3.05) is 0 Å². The van der Waals surface area contributed by atoms with E-state index in [1.165, 1.54) is 0 Å². The molecule has 0 unspecified atom stereocenters. The molecule has 1 aliphatic rings. The Kier molecular flexibility index (Phi) is 3.51.